The van der Waals surface area contributed by atoms with Gasteiger partial charge in [-0.25, -0.2) is 14.3 Å². The summed E-state index contributed by atoms with van der Waals surface area (Å²) in [7, 11) is 0. The zero-order chi connectivity index (χ0) is 24.9. The van der Waals surface area contributed by atoms with Crippen LogP contribution in [0.5, 0.6) is 5.75 Å². The summed E-state index contributed by atoms with van der Waals surface area (Å²) in [4.78, 5) is 22.3. The predicted molar refractivity (Wildman–Crippen MR) is 133 cm³/mol. The standard InChI is InChI=1S/C28H32N4O4/c1-17-13-18(2)32-27(29-17)30-25(31-32)15-22-23(33)16-28(36-26(22)34,21-5-3-4-6-21)11-9-19-7-8-24-20(14-19)10-12-35-24/h7-8,13-14,21,33H,3-6,9-12,15-16H2,1-2H3. The fourth-order valence-corrected chi connectivity index (χ4v) is 6.18. The van der Waals surface area contributed by atoms with E-state index in [0.29, 0.717) is 24.4 Å². The fourth-order valence-electron chi connectivity index (χ4n) is 6.18. The second kappa shape index (κ2) is 8.91. The van der Waals surface area contributed by atoms with Gasteiger partial charge in [0.25, 0.3) is 5.78 Å². The Morgan fingerprint density at radius 3 is 2.81 bits per heavy atom. The number of hydrogen-bond donors (Lipinski definition) is 1. The molecule has 0 radical (unpaired) electrons. The summed E-state index contributed by atoms with van der Waals surface area (Å²) in [6, 6.07) is 8.29. The summed E-state index contributed by atoms with van der Waals surface area (Å²) in [5, 5.41) is 15.7. The van der Waals surface area contributed by atoms with E-state index in [-0.39, 0.29) is 23.7 Å². The summed E-state index contributed by atoms with van der Waals surface area (Å²) in [5.41, 5.74) is 3.80. The Labute approximate surface area is 210 Å². The largest absolute Gasteiger partial charge is 0.512 e. The molecule has 8 heteroatoms. The highest BCUT2D eigenvalue weighted by Gasteiger charge is 2.48. The Kier molecular flexibility index (Phi) is 5.69. The predicted octanol–water partition coefficient (Wildman–Crippen LogP) is 4.54. The first kappa shape index (κ1) is 23.0. The van der Waals surface area contributed by atoms with Crippen LogP contribution in [0.2, 0.25) is 0 Å². The quantitative estimate of drug-likeness (QED) is 0.509. The third-order valence-electron chi connectivity index (χ3n) is 8.04. The molecule has 1 aromatic carbocycles. The fraction of sp³-hybridized carbons (Fsp3) is 0.500. The molecule has 1 unspecified atom stereocenters. The van der Waals surface area contributed by atoms with Gasteiger partial charge in [-0.2, -0.15) is 4.98 Å². The molecule has 1 atom stereocenters. The highest BCUT2D eigenvalue weighted by Crippen LogP contribution is 2.46. The van der Waals surface area contributed by atoms with Crippen molar-refractivity contribution < 1.29 is 19.4 Å². The molecule has 1 saturated carbocycles. The molecule has 4 heterocycles. The topological polar surface area (TPSA) is 98.8 Å². The zero-order valence-corrected chi connectivity index (χ0v) is 20.9. The second-order valence-electron chi connectivity index (χ2n) is 10.5. The van der Waals surface area contributed by atoms with Crippen LogP contribution in [-0.4, -0.2) is 42.9 Å². The number of rotatable bonds is 6. The van der Waals surface area contributed by atoms with Gasteiger partial charge in [0.05, 0.1) is 12.2 Å². The number of fused-ring (bicyclic) bond motifs is 2. The summed E-state index contributed by atoms with van der Waals surface area (Å²) in [6.07, 6.45) is 7.19. The van der Waals surface area contributed by atoms with Crippen LogP contribution in [0.25, 0.3) is 5.78 Å². The van der Waals surface area contributed by atoms with Crippen LogP contribution in [0.4, 0.5) is 0 Å². The van der Waals surface area contributed by atoms with E-state index in [1.165, 1.54) is 11.1 Å². The molecule has 2 aliphatic heterocycles. The lowest BCUT2D eigenvalue weighted by Gasteiger charge is -2.41. The average Bonchev–Trinajstić information content (AvgIpc) is 3.60. The SMILES string of the molecule is Cc1cc(C)n2nc(CC3=C(O)CC(CCc4ccc5c(c4)CCO5)(C4CCCC4)OC3=O)nc2n1. The third-order valence-corrected chi connectivity index (χ3v) is 8.04. The second-order valence-corrected chi connectivity index (χ2v) is 10.5. The number of aryl methyl sites for hydroxylation is 3. The normalized spacial score (nSPS) is 22.2. The van der Waals surface area contributed by atoms with Crippen molar-refractivity contribution in [2.45, 2.75) is 77.2 Å². The summed E-state index contributed by atoms with van der Waals surface area (Å²) in [5.74, 6) is 1.83. The van der Waals surface area contributed by atoms with Gasteiger partial charge in [0.1, 0.15) is 17.1 Å². The molecule has 0 amide bonds. The van der Waals surface area contributed by atoms with Gasteiger partial charge < -0.3 is 14.6 Å². The Morgan fingerprint density at radius 1 is 1.17 bits per heavy atom. The van der Waals surface area contributed by atoms with Crippen LogP contribution in [-0.2, 0) is 28.8 Å². The minimum absolute atomic E-state index is 0.111. The van der Waals surface area contributed by atoms with Gasteiger partial charge in [0, 0.05) is 30.7 Å². The summed E-state index contributed by atoms with van der Waals surface area (Å²) in [6.45, 7) is 4.59. The number of aliphatic hydroxyl groups is 1. The number of esters is 1. The van der Waals surface area contributed by atoms with Crippen molar-refractivity contribution in [2.75, 3.05) is 6.61 Å². The van der Waals surface area contributed by atoms with E-state index in [9.17, 15) is 9.90 Å². The molecule has 0 spiro atoms. The first-order chi connectivity index (χ1) is 17.4. The first-order valence-electron chi connectivity index (χ1n) is 13.0. The maximum atomic E-state index is 13.3. The van der Waals surface area contributed by atoms with E-state index in [4.69, 9.17) is 9.47 Å². The maximum Gasteiger partial charge on any atom is 0.338 e. The minimum atomic E-state index is -0.682. The highest BCUT2D eigenvalue weighted by molar-refractivity contribution is 5.90. The molecule has 1 aliphatic carbocycles. The molecule has 2 aromatic heterocycles. The van der Waals surface area contributed by atoms with Crippen molar-refractivity contribution in [1.82, 2.24) is 19.6 Å². The number of carbonyl (C=O) groups excluding carboxylic acids is 1. The monoisotopic (exact) mass is 488 g/mol. The van der Waals surface area contributed by atoms with Gasteiger partial charge in [-0.3, -0.25) is 0 Å². The number of carbonyl (C=O) groups is 1. The Hall–Kier alpha value is -3.42. The highest BCUT2D eigenvalue weighted by atomic mass is 16.6. The van der Waals surface area contributed by atoms with Gasteiger partial charge in [-0.15, -0.1) is 5.10 Å². The van der Waals surface area contributed by atoms with E-state index >= 15 is 0 Å². The van der Waals surface area contributed by atoms with E-state index in [1.54, 1.807) is 4.52 Å². The van der Waals surface area contributed by atoms with Crippen LogP contribution in [0.1, 0.15) is 66.9 Å². The van der Waals surface area contributed by atoms with Crippen LogP contribution in [0.3, 0.4) is 0 Å². The van der Waals surface area contributed by atoms with E-state index in [0.717, 1.165) is 62.3 Å². The maximum absolute atomic E-state index is 13.3. The lowest BCUT2D eigenvalue weighted by molar-refractivity contribution is -0.167. The Balaban J connectivity index is 1.26. The first-order valence-corrected chi connectivity index (χ1v) is 13.0. The van der Waals surface area contributed by atoms with Crippen molar-refractivity contribution in [2.24, 2.45) is 5.92 Å². The third kappa shape index (κ3) is 4.12. The zero-order valence-electron chi connectivity index (χ0n) is 20.9. The number of hydrogen-bond acceptors (Lipinski definition) is 7. The van der Waals surface area contributed by atoms with Crippen molar-refractivity contribution in [3.63, 3.8) is 0 Å². The molecule has 0 saturated heterocycles. The molecule has 1 fully saturated rings. The van der Waals surface area contributed by atoms with Crippen LogP contribution >= 0.6 is 0 Å². The lowest BCUT2D eigenvalue weighted by Crippen LogP contribution is -2.46. The Bertz CT molecular complexity index is 1370. The molecule has 6 rings (SSSR count). The number of ether oxygens (including phenoxy) is 2. The van der Waals surface area contributed by atoms with Crippen LogP contribution in [0.15, 0.2) is 35.6 Å². The summed E-state index contributed by atoms with van der Waals surface area (Å²) < 4.78 is 13.6. The summed E-state index contributed by atoms with van der Waals surface area (Å²) >= 11 is 0. The molecule has 0 bridgehead atoms. The molecule has 3 aliphatic rings. The Morgan fingerprint density at radius 2 is 2.00 bits per heavy atom. The molecule has 3 aromatic rings. The van der Waals surface area contributed by atoms with Gasteiger partial charge in [-0.1, -0.05) is 25.0 Å². The number of cyclic esters (lactones) is 1. The lowest BCUT2D eigenvalue weighted by atomic mass is 9.76. The molecule has 188 valence electrons. The number of nitrogens with zero attached hydrogens (tertiary/aromatic N) is 4. The van der Waals surface area contributed by atoms with Gasteiger partial charge in [-0.05, 0) is 68.7 Å². The number of aliphatic hydroxyl groups excluding tert-OH is 1. The molecular weight excluding hydrogens is 456 g/mol. The van der Waals surface area contributed by atoms with Crippen LogP contribution in [0, 0.1) is 19.8 Å². The average molecular weight is 489 g/mol. The van der Waals surface area contributed by atoms with Crippen molar-refractivity contribution >= 4 is 11.7 Å². The minimum Gasteiger partial charge on any atom is -0.512 e. The van der Waals surface area contributed by atoms with Gasteiger partial charge >= 0.3 is 5.97 Å². The van der Waals surface area contributed by atoms with Crippen molar-refractivity contribution in [3.8, 4) is 5.75 Å². The molecule has 1 N–H and O–H groups in total. The van der Waals surface area contributed by atoms with E-state index < -0.39 is 11.6 Å². The van der Waals surface area contributed by atoms with Crippen LogP contribution < -0.4 is 4.74 Å². The molecule has 36 heavy (non-hydrogen) atoms. The number of benzene rings is 1. The smallest absolute Gasteiger partial charge is 0.338 e. The van der Waals surface area contributed by atoms with Crippen molar-refractivity contribution in [3.05, 3.63) is 63.9 Å². The van der Waals surface area contributed by atoms with Gasteiger partial charge in [0.15, 0.2) is 5.82 Å². The van der Waals surface area contributed by atoms with Crippen molar-refractivity contribution in [1.29, 1.82) is 0 Å². The number of aromatic nitrogens is 4. The molecular formula is C28H32N4O4. The van der Waals surface area contributed by atoms with E-state index in [1.807, 2.05) is 26.0 Å². The molecule has 8 nitrogen and oxygen atoms in total. The van der Waals surface area contributed by atoms with Gasteiger partial charge in [0.2, 0.25) is 0 Å². The van der Waals surface area contributed by atoms with E-state index in [2.05, 4.69) is 27.2 Å².